The number of benzene rings is 1. The molecule has 10 heteroatoms. The fourth-order valence-corrected chi connectivity index (χ4v) is 3.69. The van der Waals surface area contributed by atoms with Gasteiger partial charge in [0, 0.05) is 19.0 Å². The molecule has 0 aliphatic rings. The number of phenols is 1. The monoisotopic (exact) mass is 463 g/mol. The summed E-state index contributed by atoms with van der Waals surface area (Å²) in [5.41, 5.74) is 6.06. The highest BCUT2D eigenvalue weighted by Gasteiger charge is 2.33. The second-order valence-corrected chi connectivity index (χ2v) is 8.02. The van der Waals surface area contributed by atoms with E-state index in [2.05, 4.69) is 10.6 Å². The average Bonchev–Trinajstić information content (AvgIpc) is 2.77. The van der Waals surface area contributed by atoms with Crippen molar-refractivity contribution in [1.82, 2.24) is 15.5 Å². The highest BCUT2D eigenvalue weighted by atomic mass is 16.4. The Labute approximate surface area is 195 Å². The van der Waals surface area contributed by atoms with Crippen LogP contribution in [0.5, 0.6) is 5.75 Å². The lowest BCUT2D eigenvalue weighted by Gasteiger charge is -2.34. The predicted octanol–water partition coefficient (Wildman–Crippen LogP) is 1.77. The van der Waals surface area contributed by atoms with Crippen molar-refractivity contribution >= 4 is 23.7 Å². The summed E-state index contributed by atoms with van der Waals surface area (Å²) in [6, 6.07) is 5.52. The Hall–Kier alpha value is -3.30. The van der Waals surface area contributed by atoms with E-state index in [0.29, 0.717) is 25.8 Å². The van der Waals surface area contributed by atoms with E-state index in [1.165, 1.54) is 17.0 Å². The van der Waals surface area contributed by atoms with Crippen LogP contribution in [0, 0.1) is 11.3 Å². The molecule has 0 aliphatic heterocycles. The molecule has 0 saturated heterocycles. The number of amides is 2. The molecule has 1 aromatic carbocycles. The minimum Gasteiger partial charge on any atom is -0.508 e. The van der Waals surface area contributed by atoms with Gasteiger partial charge < -0.3 is 31.5 Å². The van der Waals surface area contributed by atoms with Crippen LogP contribution in [0.1, 0.15) is 57.9 Å². The number of nitrogens with one attached hydrogen (secondary N) is 3. The first kappa shape index (κ1) is 27.7. The van der Waals surface area contributed by atoms with Crippen LogP contribution >= 0.6 is 0 Å². The topological polar surface area (TPSA) is 169 Å². The number of rotatable bonds is 15. The molecular weight excluding hydrogens is 426 g/mol. The van der Waals surface area contributed by atoms with Gasteiger partial charge in [-0.3, -0.25) is 19.8 Å². The van der Waals surface area contributed by atoms with Crippen molar-refractivity contribution in [2.45, 2.75) is 65.0 Å². The fourth-order valence-electron chi connectivity index (χ4n) is 3.69. The lowest BCUT2D eigenvalue weighted by atomic mass is 9.94. The van der Waals surface area contributed by atoms with Crippen molar-refractivity contribution in [2.75, 3.05) is 13.1 Å². The molecule has 0 spiro atoms. The Balaban J connectivity index is 3.25. The number of hydrogen-bond acceptors (Lipinski definition) is 5. The van der Waals surface area contributed by atoms with Crippen molar-refractivity contribution in [3.05, 3.63) is 29.8 Å². The molecule has 0 bridgehead atoms. The van der Waals surface area contributed by atoms with Crippen LogP contribution in [0.25, 0.3) is 0 Å². The molecule has 7 N–H and O–H groups in total. The molecule has 0 heterocycles. The van der Waals surface area contributed by atoms with Gasteiger partial charge in [0.2, 0.25) is 11.8 Å². The van der Waals surface area contributed by atoms with E-state index in [1.54, 1.807) is 12.1 Å². The van der Waals surface area contributed by atoms with Crippen molar-refractivity contribution < 1.29 is 24.6 Å². The zero-order valence-electron chi connectivity index (χ0n) is 19.5. The van der Waals surface area contributed by atoms with E-state index in [9.17, 15) is 19.5 Å². The third-order valence-electron chi connectivity index (χ3n) is 5.26. The number of carboxylic acids is 1. The number of guanidine groups is 1. The lowest BCUT2D eigenvalue weighted by Crippen LogP contribution is -2.52. The first-order valence-electron chi connectivity index (χ1n) is 11.3. The van der Waals surface area contributed by atoms with Crippen molar-refractivity contribution in [1.29, 1.82) is 5.41 Å². The Morgan fingerprint density at radius 2 is 1.67 bits per heavy atom. The SMILES string of the molecule is CCCC(CCC)C(=O)N(Cc1ccc(O)cc1)[C@H](CCCNC(=N)N)C(=O)NCC(=O)O. The Bertz CT molecular complexity index is 778. The Morgan fingerprint density at radius 1 is 1.06 bits per heavy atom. The molecule has 10 nitrogen and oxygen atoms in total. The lowest BCUT2D eigenvalue weighted by molar-refractivity contribution is -0.146. The average molecular weight is 464 g/mol. The summed E-state index contributed by atoms with van der Waals surface area (Å²) in [5.74, 6) is -2.21. The van der Waals surface area contributed by atoms with Crippen LogP contribution in [-0.4, -0.2) is 58.0 Å². The quantitative estimate of drug-likeness (QED) is 0.131. The summed E-state index contributed by atoms with van der Waals surface area (Å²) in [7, 11) is 0. The van der Waals surface area contributed by atoms with Gasteiger partial charge in [0.15, 0.2) is 5.96 Å². The van der Waals surface area contributed by atoms with Crippen LogP contribution in [0.4, 0.5) is 0 Å². The third-order valence-corrected chi connectivity index (χ3v) is 5.26. The van der Waals surface area contributed by atoms with Gasteiger partial charge in [0.05, 0.1) is 0 Å². The first-order chi connectivity index (χ1) is 15.7. The largest absolute Gasteiger partial charge is 0.508 e. The molecule has 184 valence electrons. The van der Waals surface area contributed by atoms with E-state index in [0.717, 1.165) is 18.4 Å². The molecule has 0 fully saturated rings. The summed E-state index contributed by atoms with van der Waals surface area (Å²) in [6.45, 7) is 3.95. The normalized spacial score (nSPS) is 11.6. The zero-order chi connectivity index (χ0) is 24.8. The summed E-state index contributed by atoms with van der Waals surface area (Å²) in [4.78, 5) is 39.2. The van der Waals surface area contributed by atoms with E-state index in [4.69, 9.17) is 16.2 Å². The van der Waals surface area contributed by atoms with E-state index >= 15 is 0 Å². The Morgan fingerprint density at radius 3 is 2.18 bits per heavy atom. The summed E-state index contributed by atoms with van der Waals surface area (Å²) < 4.78 is 0. The number of phenolic OH excluding ortho intramolecular Hbond substituents is 1. The van der Waals surface area contributed by atoms with Gasteiger partial charge in [0.1, 0.15) is 18.3 Å². The summed E-state index contributed by atoms with van der Waals surface area (Å²) in [5, 5.41) is 31.0. The molecular formula is C23H37N5O5. The summed E-state index contributed by atoms with van der Waals surface area (Å²) >= 11 is 0. The molecule has 33 heavy (non-hydrogen) atoms. The van der Waals surface area contributed by atoms with Gasteiger partial charge in [-0.05, 0) is 43.4 Å². The number of carbonyl (C=O) groups is 3. The Kier molecular flexibility index (Phi) is 12.4. The van der Waals surface area contributed by atoms with Crippen LogP contribution < -0.4 is 16.4 Å². The third kappa shape index (κ3) is 10.2. The van der Waals surface area contributed by atoms with Crippen molar-refractivity contribution in [3.8, 4) is 5.75 Å². The molecule has 1 aromatic rings. The van der Waals surface area contributed by atoms with Crippen LogP contribution in [0.15, 0.2) is 24.3 Å². The summed E-state index contributed by atoms with van der Waals surface area (Å²) in [6.07, 6.45) is 3.72. The number of hydrogen-bond donors (Lipinski definition) is 6. The smallest absolute Gasteiger partial charge is 0.322 e. The van der Waals surface area contributed by atoms with Crippen molar-refractivity contribution in [3.63, 3.8) is 0 Å². The van der Waals surface area contributed by atoms with Crippen LogP contribution in [0.2, 0.25) is 0 Å². The molecule has 0 aliphatic carbocycles. The number of carbonyl (C=O) groups excluding carboxylic acids is 2. The molecule has 0 saturated carbocycles. The van der Waals surface area contributed by atoms with Gasteiger partial charge in [0.25, 0.3) is 0 Å². The second-order valence-electron chi connectivity index (χ2n) is 8.02. The molecule has 0 unspecified atom stereocenters. The number of nitrogens with two attached hydrogens (primary N) is 1. The number of aromatic hydroxyl groups is 1. The maximum absolute atomic E-state index is 13.6. The van der Waals surface area contributed by atoms with Crippen LogP contribution in [0.3, 0.4) is 0 Å². The van der Waals surface area contributed by atoms with Crippen molar-refractivity contribution in [2.24, 2.45) is 11.7 Å². The van der Waals surface area contributed by atoms with Gasteiger partial charge in [-0.15, -0.1) is 0 Å². The van der Waals surface area contributed by atoms with E-state index in [1.807, 2.05) is 13.8 Å². The highest BCUT2D eigenvalue weighted by Crippen LogP contribution is 2.23. The minimum atomic E-state index is -1.17. The van der Waals surface area contributed by atoms with Gasteiger partial charge in [-0.25, -0.2) is 0 Å². The fraction of sp³-hybridized carbons (Fsp3) is 0.565. The first-order valence-corrected chi connectivity index (χ1v) is 11.3. The van der Waals surface area contributed by atoms with Gasteiger partial charge >= 0.3 is 5.97 Å². The minimum absolute atomic E-state index is 0.0949. The number of aliphatic carboxylic acids is 1. The highest BCUT2D eigenvalue weighted by molar-refractivity contribution is 5.90. The molecule has 1 atom stereocenters. The maximum atomic E-state index is 13.6. The zero-order valence-corrected chi connectivity index (χ0v) is 19.5. The molecule has 0 radical (unpaired) electrons. The maximum Gasteiger partial charge on any atom is 0.322 e. The predicted molar refractivity (Wildman–Crippen MR) is 126 cm³/mol. The van der Waals surface area contributed by atoms with Gasteiger partial charge in [-0.2, -0.15) is 0 Å². The van der Waals surface area contributed by atoms with Gasteiger partial charge in [-0.1, -0.05) is 38.8 Å². The molecule has 2 amide bonds. The molecule has 1 rings (SSSR count). The van der Waals surface area contributed by atoms with E-state index < -0.39 is 24.5 Å². The van der Waals surface area contributed by atoms with E-state index in [-0.39, 0.29) is 36.5 Å². The molecule has 0 aromatic heterocycles. The number of nitrogens with zero attached hydrogens (tertiary/aromatic N) is 1. The standard InChI is InChI=1S/C23H37N5O5/c1-3-6-17(7-4-2)22(33)28(15-16-9-11-18(29)12-10-16)19(8-5-13-26-23(24)25)21(32)27-14-20(30)31/h9-12,17,19,29H,3-8,13-15H2,1-2H3,(H,27,32)(H,30,31)(H4,24,25,26)/t19-/m1/s1. The van der Waals surface area contributed by atoms with Crippen LogP contribution in [-0.2, 0) is 20.9 Å². The second kappa shape index (κ2) is 14.7. The number of carboxylic acid groups (broad SMARTS) is 1.